The van der Waals surface area contributed by atoms with Crippen LogP contribution in [0.4, 0.5) is 21.5 Å². The molecular weight excluding hydrogens is 323 g/mol. The van der Waals surface area contributed by atoms with E-state index < -0.39 is 16.7 Å². The number of phenols is 1. The molecule has 3 aromatic carbocycles. The van der Waals surface area contributed by atoms with Gasteiger partial charge in [-0.1, -0.05) is 37.3 Å². The zero-order valence-corrected chi connectivity index (χ0v) is 13.5. The third-order valence-electron chi connectivity index (χ3n) is 4.06. The van der Waals surface area contributed by atoms with Crippen LogP contribution in [0.25, 0.3) is 0 Å². The molecule has 0 saturated carbocycles. The first kappa shape index (κ1) is 16.7. The van der Waals surface area contributed by atoms with Crippen LogP contribution in [0.1, 0.15) is 24.9 Å². The van der Waals surface area contributed by atoms with Crippen molar-refractivity contribution >= 4 is 17.1 Å². The van der Waals surface area contributed by atoms with Crippen molar-refractivity contribution < 1.29 is 9.50 Å². The van der Waals surface area contributed by atoms with Gasteiger partial charge in [0.05, 0.1) is 11.7 Å². The molecule has 1 atom stereocenters. The molecule has 0 heterocycles. The number of benzene rings is 2. The lowest BCUT2D eigenvalue weighted by Gasteiger charge is -2.22. The van der Waals surface area contributed by atoms with Crippen molar-refractivity contribution in [3.8, 4) is 5.75 Å². The van der Waals surface area contributed by atoms with Crippen molar-refractivity contribution in [1.29, 1.82) is 0 Å². The van der Waals surface area contributed by atoms with Crippen molar-refractivity contribution in [2.75, 3.05) is 10.6 Å². The van der Waals surface area contributed by atoms with Gasteiger partial charge in [0.2, 0.25) is 0 Å². The topological polar surface area (TPSA) is 78.4 Å². The Morgan fingerprint density at radius 3 is 2.36 bits per heavy atom. The van der Waals surface area contributed by atoms with E-state index >= 15 is 0 Å². The van der Waals surface area contributed by atoms with Gasteiger partial charge in [0, 0.05) is 6.07 Å². The number of phenolic OH excluding ortho intramolecular Hbond substituents is 1. The van der Waals surface area contributed by atoms with E-state index in [2.05, 4.69) is 10.6 Å². The predicted octanol–water partition coefficient (Wildman–Crippen LogP) is 3.43. The lowest BCUT2D eigenvalue weighted by atomic mass is 10.0. The van der Waals surface area contributed by atoms with Gasteiger partial charge >= 0.3 is 0 Å². The molecule has 0 aliphatic rings. The summed E-state index contributed by atoms with van der Waals surface area (Å²) >= 11 is 0. The van der Waals surface area contributed by atoms with Crippen molar-refractivity contribution in [1.82, 2.24) is 0 Å². The molecule has 3 rings (SSSR count). The average Bonchev–Trinajstić information content (AvgIpc) is 2.63. The first-order valence-electron chi connectivity index (χ1n) is 7.91. The summed E-state index contributed by atoms with van der Waals surface area (Å²) in [6.45, 7) is 1.97. The highest BCUT2D eigenvalue weighted by Crippen LogP contribution is 2.30. The van der Waals surface area contributed by atoms with Crippen molar-refractivity contribution in [3.05, 3.63) is 80.4 Å². The maximum atomic E-state index is 13.1. The fourth-order valence-corrected chi connectivity index (χ4v) is 2.67. The van der Waals surface area contributed by atoms with Crippen molar-refractivity contribution in [2.45, 2.75) is 19.4 Å². The number of aromatic hydroxyl groups is 1. The Kier molecular flexibility index (Phi) is 4.52. The van der Waals surface area contributed by atoms with Crippen LogP contribution < -0.4 is 21.5 Å². The highest BCUT2D eigenvalue weighted by Gasteiger charge is 2.24. The van der Waals surface area contributed by atoms with Gasteiger partial charge in [-0.15, -0.1) is 0 Å². The minimum absolute atomic E-state index is 0.0706. The van der Waals surface area contributed by atoms with Gasteiger partial charge < -0.3 is 15.7 Å². The van der Waals surface area contributed by atoms with Gasteiger partial charge in [-0.25, -0.2) is 4.39 Å². The lowest BCUT2D eigenvalue weighted by molar-refractivity contribution is 0.471. The summed E-state index contributed by atoms with van der Waals surface area (Å²) in [7, 11) is 0. The molecule has 0 aliphatic carbocycles. The molecule has 0 amide bonds. The van der Waals surface area contributed by atoms with Gasteiger partial charge in [0.25, 0.3) is 10.9 Å². The SMILES string of the molecule is CC[C@H](Nc1c(Nc2ccc(F)cc2O)c(=O)c1=O)c1ccccc1. The van der Waals surface area contributed by atoms with Gasteiger partial charge in [-0.2, -0.15) is 0 Å². The third-order valence-corrected chi connectivity index (χ3v) is 4.06. The van der Waals surface area contributed by atoms with E-state index in [0.29, 0.717) is 6.42 Å². The van der Waals surface area contributed by atoms with E-state index in [1.165, 1.54) is 6.07 Å². The average molecular weight is 340 g/mol. The largest absolute Gasteiger partial charge is 0.506 e. The second-order valence-corrected chi connectivity index (χ2v) is 5.71. The van der Waals surface area contributed by atoms with E-state index in [4.69, 9.17) is 0 Å². The summed E-state index contributed by atoms with van der Waals surface area (Å²) in [5.41, 5.74) is 0.108. The summed E-state index contributed by atoms with van der Waals surface area (Å²) < 4.78 is 13.1. The van der Waals surface area contributed by atoms with Crippen LogP contribution in [0.15, 0.2) is 58.1 Å². The fraction of sp³-hybridized carbons (Fsp3) is 0.158. The molecule has 0 bridgehead atoms. The summed E-state index contributed by atoms with van der Waals surface area (Å²) in [6, 6.07) is 12.8. The van der Waals surface area contributed by atoms with E-state index in [0.717, 1.165) is 17.7 Å². The van der Waals surface area contributed by atoms with E-state index in [1.807, 2.05) is 37.3 Å². The Bertz CT molecular complexity index is 963. The Labute approximate surface area is 143 Å². The fourth-order valence-electron chi connectivity index (χ4n) is 2.67. The molecule has 5 nitrogen and oxygen atoms in total. The first-order chi connectivity index (χ1) is 12.0. The normalized spacial score (nSPS) is 12.1. The van der Waals surface area contributed by atoms with E-state index in [-0.39, 0.29) is 28.9 Å². The van der Waals surface area contributed by atoms with Crippen LogP contribution in [0.2, 0.25) is 0 Å². The second-order valence-electron chi connectivity index (χ2n) is 5.71. The number of anilines is 3. The zero-order valence-electron chi connectivity index (χ0n) is 13.5. The molecule has 0 spiro atoms. The van der Waals surface area contributed by atoms with E-state index in [1.54, 1.807) is 0 Å². The molecule has 0 aliphatic heterocycles. The molecule has 0 fully saturated rings. The second kappa shape index (κ2) is 6.76. The summed E-state index contributed by atoms with van der Waals surface area (Å²) in [6.07, 6.45) is 0.712. The number of rotatable bonds is 6. The molecule has 0 aromatic heterocycles. The molecule has 0 saturated heterocycles. The summed E-state index contributed by atoms with van der Waals surface area (Å²) in [4.78, 5) is 23.8. The van der Waals surface area contributed by atoms with Gasteiger partial charge in [-0.05, 0) is 24.1 Å². The monoisotopic (exact) mass is 340 g/mol. The maximum absolute atomic E-state index is 13.1. The minimum atomic E-state index is -0.672. The standard InChI is InChI=1S/C19H17FN2O3/c1-2-13(11-6-4-3-5-7-11)21-16-17(19(25)18(16)24)22-14-9-8-12(20)10-15(14)23/h3-10,13,21-23H,2H2,1H3/t13-/m0/s1. The Hall–Kier alpha value is -3.15. The molecule has 6 heteroatoms. The maximum Gasteiger partial charge on any atom is 0.253 e. The van der Waals surface area contributed by atoms with Crippen LogP contribution >= 0.6 is 0 Å². The molecule has 0 unspecified atom stereocenters. The zero-order chi connectivity index (χ0) is 18.0. The number of nitrogens with one attached hydrogen (secondary N) is 2. The van der Waals surface area contributed by atoms with Crippen molar-refractivity contribution in [2.24, 2.45) is 0 Å². The summed E-state index contributed by atoms with van der Waals surface area (Å²) in [5.74, 6) is -0.935. The first-order valence-corrected chi connectivity index (χ1v) is 7.91. The molecule has 0 radical (unpaired) electrons. The molecule has 128 valence electrons. The van der Waals surface area contributed by atoms with Crippen LogP contribution in [-0.2, 0) is 0 Å². The minimum Gasteiger partial charge on any atom is -0.506 e. The third kappa shape index (κ3) is 3.24. The van der Waals surface area contributed by atoms with Crippen molar-refractivity contribution in [3.63, 3.8) is 0 Å². The van der Waals surface area contributed by atoms with Gasteiger partial charge in [-0.3, -0.25) is 9.59 Å². The molecular formula is C19H17FN2O3. The predicted molar refractivity (Wildman–Crippen MR) is 95.8 cm³/mol. The van der Waals surface area contributed by atoms with Crippen LogP contribution in [0.5, 0.6) is 5.75 Å². The van der Waals surface area contributed by atoms with Gasteiger partial charge in [0.1, 0.15) is 22.9 Å². The molecule has 3 N–H and O–H groups in total. The number of hydrogen-bond acceptors (Lipinski definition) is 5. The Balaban J connectivity index is 1.87. The van der Waals surface area contributed by atoms with Crippen LogP contribution in [-0.4, -0.2) is 5.11 Å². The summed E-state index contributed by atoms with van der Waals surface area (Å²) in [5, 5.41) is 15.6. The Morgan fingerprint density at radius 1 is 1.04 bits per heavy atom. The lowest BCUT2D eigenvalue weighted by Crippen LogP contribution is -2.37. The quantitative estimate of drug-likeness (QED) is 0.473. The Morgan fingerprint density at radius 2 is 1.72 bits per heavy atom. The van der Waals surface area contributed by atoms with Crippen LogP contribution in [0.3, 0.4) is 0 Å². The number of halogens is 1. The van der Waals surface area contributed by atoms with Crippen LogP contribution in [0, 0.1) is 5.82 Å². The number of hydrogen-bond donors (Lipinski definition) is 3. The smallest absolute Gasteiger partial charge is 0.253 e. The molecule has 3 aromatic rings. The highest BCUT2D eigenvalue weighted by atomic mass is 19.1. The highest BCUT2D eigenvalue weighted by molar-refractivity contribution is 5.80. The van der Waals surface area contributed by atoms with E-state index in [9.17, 15) is 19.1 Å². The molecule has 25 heavy (non-hydrogen) atoms. The van der Waals surface area contributed by atoms with Gasteiger partial charge in [0.15, 0.2) is 0 Å².